The van der Waals surface area contributed by atoms with Gasteiger partial charge < -0.3 is 5.11 Å². The number of nitrogens with zero attached hydrogens (tertiary/aromatic N) is 1. The van der Waals surface area contributed by atoms with Gasteiger partial charge in [0, 0.05) is 26.8 Å². The molecule has 16 heavy (non-hydrogen) atoms. The molecule has 0 amide bonds. The molecule has 0 spiro atoms. The van der Waals surface area contributed by atoms with Crippen LogP contribution in [0.4, 0.5) is 0 Å². The fourth-order valence-electron chi connectivity index (χ4n) is 1.72. The summed E-state index contributed by atoms with van der Waals surface area (Å²) in [5.74, 6) is -0.737. The molecule has 1 N–H and O–H groups in total. The Bertz CT molecular complexity index is 381. The molecule has 0 bridgehead atoms. The predicted molar refractivity (Wildman–Crippen MR) is 67.8 cm³/mol. The number of carboxylic acid groups (broad SMARTS) is 1. The number of carbonyl (C=O) groups is 1. The van der Waals surface area contributed by atoms with Crippen molar-refractivity contribution in [1.82, 2.24) is 4.90 Å². The first kappa shape index (κ1) is 12.1. The Kier molecular flexibility index (Phi) is 3.66. The summed E-state index contributed by atoms with van der Waals surface area (Å²) in [4.78, 5) is 15.3. The van der Waals surface area contributed by atoms with Gasteiger partial charge in [-0.1, -0.05) is 0 Å². The van der Waals surface area contributed by atoms with E-state index in [1.54, 1.807) is 11.3 Å². The zero-order valence-corrected chi connectivity index (χ0v) is 11.5. The highest BCUT2D eigenvalue weighted by molar-refractivity contribution is 9.10. The van der Waals surface area contributed by atoms with Crippen molar-refractivity contribution in [2.75, 3.05) is 6.54 Å². The monoisotopic (exact) mass is 303 g/mol. The molecular weight excluding hydrogens is 290 g/mol. The average Bonchev–Trinajstić information content (AvgIpc) is 2.94. The van der Waals surface area contributed by atoms with E-state index in [1.807, 2.05) is 0 Å². The third-order valence-electron chi connectivity index (χ3n) is 2.67. The van der Waals surface area contributed by atoms with Crippen LogP contribution in [-0.4, -0.2) is 28.6 Å². The predicted octanol–water partition coefficient (Wildman–Crippen LogP) is 2.87. The van der Waals surface area contributed by atoms with Gasteiger partial charge in [-0.15, -0.1) is 11.3 Å². The molecule has 5 heteroatoms. The van der Waals surface area contributed by atoms with Crippen molar-refractivity contribution in [3.05, 3.63) is 20.3 Å². The highest BCUT2D eigenvalue weighted by atomic mass is 79.9. The minimum absolute atomic E-state index is 0.152. The smallest absolute Gasteiger partial charge is 0.317 e. The lowest BCUT2D eigenvalue weighted by molar-refractivity contribution is -0.138. The lowest BCUT2D eigenvalue weighted by atomic mass is 10.3. The minimum atomic E-state index is -0.737. The maximum atomic E-state index is 10.8. The van der Waals surface area contributed by atoms with Crippen LogP contribution in [0.5, 0.6) is 0 Å². The summed E-state index contributed by atoms with van der Waals surface area (Å²) in [6.07, 6.45) is 2.28. The molecule has 2 rings (SSSR count). The Morgan fingerprint density at radius 1 is 1.69 bits per heavy atom. The summed E-state index contributed by atoms with van der Waals surface area (Å²) < 4.78 is 1.12. The van der Waals surface area contributed by atoms with E-state index in [9.17, 15) is 4.79 Å². The van der Waals surface area contributed by atoms with E-state index in [2.05, 4.69) is 33.8 Å². The first-order chi connectivity index (χ1) is 7.56. The number of hydrogen-bond acceptors (Lipinski definition) is 3. The van der Waals surface area contributed by atoms with Gasteiger partial charge in [-0.05, 0) is 41.8 Å². The molecule has 1 aliphatic rings. The first-order valence-electron chi connectivity index (χ1n) is 5.27. The molecule has 0 aliphatic heterocycles. The van der Waals surface area contributed by atoms with Gasteiger partial charge >= 0.3 is 5.97 Å². The number of halogens is 1. The molecule has 1 aliphatic carbocycles. The van der Waals surface area contributed by atoms with Crippen molar-refractivity contribution in [1.29, 1.82) is 0 Å². The lowest BCUT2D eigenvalue weighted by Crippen LogP contribution is -2.30. The maximum Gasteiger partial charge on any atom is 0.317 e. The molecule has 88 valence electrons. The third kappa shape index (κ3) is 3.06. The lowest BCUT2D eigenvalue weighted by Gasteiger charge is -2.18. The van der Waals surface area contributed by atoms with Crippen LogP contribution in [0.3, 0.4) is 0 Å². The van der Waals surface area contributed by atoms with E-state index >= 15 is 0 Å². The van der Waals surface area contributed by atoms with Crippen molar-refractivity contribution >= 4 is 33.2 Å². The maximum absolute atomic E-state index is 10.8. The highest BCUT2D eigenvalue weighted by Gasteiger charge is 2.30. The summed E-state index contributed by atoms with van der Waals surface area (Å²) in [7, 11) is 0. The Morgan fingerprint density at radius 2 is 2.38 bits per heavy atom. The van der Waals surface area contributed by atoms with Gasteiger partial charge in [0.05, 0.1) is 6.54 Å². The molecular formula is C11H14BrNO2S. The standard InChI is InChI=1S/C11H14BrNO2S/c1-7-10(12)4-9(16-7)5-13(6-11(14)15)8-2-3-8/h4,8H,2-3,5-6H2,1H3,(H,14,15). The molecule has 0 radical (unpaired) electrons. The zero-order chi connectivity index (χ0) is 11.7. The molecule has 1 heterocycles. The van der Waals surface area contributed by atoms with E-state index in [4.69, 9.17) is 5.11 Å². The van der Waals surface area contributed by atoms with Gasteiger partial charge in [0.15, 0.2) is 0 Å². The topological polar surface area (TPSA) is 40.5 Å². The SMILES string of the molecule is Cc1sc(CN(CC(=O)O)C2CC2)cc1Br. The molecule has 3 nitrogen and oxygen atoms in total. The number of thiophene rings is 1. The second-order valence-electron chi connectivity index (χ2n) is 4.15. The molecule has 1 saturated carbocycles. The minimum Gasteiger partial charge on any atom is -0.480 e. The summed E-state index contributed by atoms with van der Waals surface area (Å²) in [5.41, 5.74) is 0. The number of aliphatic carboxylic acids is 1. The van der Waals surface area contributed by atoms with E-state index in [0.717, 1.165) is 23.9 Å². The summed E-state index contributed by atoms with van der Waals surface area (Å²) in [5, 5.41) is 8.85. The fraction of sp³-hybridized carbons (Fsp3) is 0.545. The van der Waals surface area contributed by atoms with Gasteiger partial charge in [-0.3, -0.25) is 9.69 Å². The molecule has 1 aromatic heterocycles. The molecule has 1 aromatic rings. The van der Waals surface area contributed by atoms with Gasteiger partial charge in [0.25, 0.3) is 0 Å². The number of rotatable bonds is 5. The van der Waals surface area contributed by atoms with Crippen molar-refractivity contribution < 1.29 is 9.90 Å². The van der Waals surface area contributed by atoms with Gasteiger partial charge in [0.1, 0.15) is 0 Å². The Balaban J connectivity index is 2.02. The molecule has 1 fully saturated rings. The van der Waals surface area contributed by atoms with E-state index < -0.39 is 5.97 Å². The van der Waals surface area contributed by atoms with Crippen LogP contribution >= 0.6 is 27.3 Å². The average molecular weight is 304 g/mol. The molecule has 0 aromatic carbocycles. The van der Waals surface area contributed by atoms with Crippen LogP contribution in [0.25, 0.3) is 0 Å². The van der Waals surface area contributed by atoms with Crippen LogP contribution in [0, 0.1) is 6.92 Å². The summed E-state index contributed by atoms with van der Waals surface area (Å²) in [6.45, 7) is 2.98. The second-order valence-corrected chi connectivity index (χ2v) is 6.34. The second kappa shape index (κ2) is 4.85. The largest absolute Gasteiger partial charge is 0.480 e. The van der Waals surface area contributed by atoms with Crippen molar-refractivity contribution in [2.45, 2.75) is 32.4 Å². The van der Waals surface area contributed by atoms with Gasteiger partial charge in [0.2, 0.25) is 0 Å². The first-order valence-corrected chi connectivity index (χ1v) is 6.88. The van der Waals surface area contributed by atoms with E-state index in [-0.39, 0.29) is 6.54 Å². The van der Waals surface area contributed by atoms with E-state index in [0.29, 0.717) is 6.04 Å². The summed E-state index contributed by atoms with van der Waals surface area (Å²) in [6, 6.07) is 2.58. The quantitative estimate of drug-likeness (QED) is 0.909. The van der Waals surface area contributed by atoms with Crippen LogP contribution in [0.1, 0.15) is 22.6 Å². The normalized spacial score (nSPS) is 15.7. The van der Waals surface area contributed by atoms with Crippen LogP contribution in [0.15, 0.2) is 10.5 Å². The van der Waals surface area contributed by atoms with Crippen molar-refractivity contribution in [3.63, 3.8) is 0 Å². The fourth-order valence-corrected chi connectivity index (χ4v) is 3.35. The van der Waals surface area contributed by atoms with Crippen LogP contribution in [-0.2, 0) is 11.3 Å². The molecule has 0 saturated heterocycles. The van der Waals surface area contributed by atoms with Crippen molar-refractivity contribution in [2.24, 2.45) is 0 Å². The third-order valence-corrected chi connectivity index (χ3v) is 4.79. The number of hydrogen-bond donors (Lipinski definition) is 1. The van der Waals surface area contributed by atoms with Crippen molar-refractivity contribution in [3.8, 4) is 0 Å². The Morgan fingerprint density at radius 3 is 2.81 bits per heavy atom. The Hall–Kier alpha value is -0.390. The summed E-state index contributed by atoms with van der Waals surface area (Å²) >= 11 is 5.22. The number of carboxylic acids is 1. The van der Waals surface area contributed by atoms with Gasteiger partial charge in [-0.25, -0.2) is 0 Å². The molecule has 0 atom stereocenters. The van der Waals surface area contributed by atoms with Crippen LogP contribution in [0.2, 0.25) is 0 Å². The zero-order valence-electron chi connectivity index (χ0n) is 9.07. The number of aryl methyl sites for hydroxylation is 1. The van der Waals surface area contributed by atoms with Gasteiger partial charge in [-0.2, -0.15) is 0 Å². The van der Waals surface area contributed by atoms with Crippen LogP contribution < -0.4 is 0 Å². The Labute approximate surface area is 107 Å². The molecule has 0 unspecified atom stereocenters. The highest BCUT2D eigenvalue weighted by Crippen LogP contribution is 2.32. The van der Waals surface area contributed by atoms with E-state index in [1.165, 1.54) is 9.75 Å².